The number of para-hydroxylation sites is 1. The van der Waals surface area contributed by atoms with Gasteiger partial charge in [-0.1, -0.05) is 91.0 Å². The van der Waals surface area contributed by atoms with E-state index in [2.05, 4.69) is 0 Å². The van der Waals surface area contributed by atoms with Crippen molar-refractivity contribution in [3.63, 3.8) is 0 Å². The Morgan fingerprint density at radius 1 is 0.351 bits per heavy atom. The molecule has 0 aliphatic heterocycles. The van der Waals surface area contributed by atoms with Crippen molar-refractivity contribution in [2.45, 2.75) is 56.0 Å². The number of fused-ring (bicyclic) bond motifs is 1. The van der Waals surface area contributed by atoms with Crippen LogP contribution in [0.15, 0.2) is 140 Å². The van der Waals surface area contributed by atoms with Crippen LogP contribution in [0.1, 0.15) is 60.6 Å². The first-order valence-electron chi connectivity index (χ1n) is 21.1. The first-order chi connectivity index (χ1) is 35.0. The van der Waals surface area contributed by atoms with Crippen molar-refractivity contribution >= 4 is 44.9 Å². The van der Waals surface area contributed by atoms with Crippen LogP contribution in [0.5, 0.6) is 0 Å². The Morgan fingerprint density at radius 2 is 0.610 bits per heavy atom. The monoisotopic (exact) mass is 1130 g/mol. The van der Waals surface area contributed by atoms with Crippen LogP contribution in [0.4, 0.5) is 105 Å². The lowest BCUT2D eigenvalue weighted by Crippen LogP contribution is -2.75. The van der Waals surface area contributed by atoms with Gasteiger partial charge in [-0.15, -0.1) is 0 Å². The molecule has 0 atom stereocenters. The lowest BCUT2D eigenvalue weighted by atomic mass is 9.12. The van der Waals surface area contributed by atoms with Gasteiger partial charge in [0.05, 0.1) is 44.5 Å². The summed E-state index contributed by atoms with van der Waals surface area (Å²) in [6, 6.07) is 12.4. The Labute approximate surface area is 415 Å². The summed E-state index contributed by atoms with van der Waals surface area (Å²) < 4.78 is 343. The quantitative estimate of drug-likeness (QED) is 0.0982. The van der Waals surface area contributed by atoms with Gasteiger partial charge in [-0.3, -0.25) is 0 Å². The van der Waals surface area contributed by atoms with Crippen molar-refractivity contribution in [3.8, 4) is 0 Å². The summed E-state index contributed by atoms with van der Waals surface area (Å²) in [7, 11) is 0. The van der Waals surface area contributed by atoms with E-state index in [1.165, 1.54) is 0 Å². The molecule has 0 aliphatic rings. The normalized spacial score (nSPS) is 13.4. The van der Waals surface area contributed by atoms with Crippen LogP contribution in [-0.2, 0) is 56.0 Å². The number of benzene rings is 6. The highest BCUT2D eigenvalue weighted by Crippen LogP contribution is 2.41. The number of aromatic nitrogens is 1. The van der Waals surface area contributed by atoms with E-state index >= 15 is 0 Å². The molecule has 7 rings (SSSR count). The number of carboxylic acids is 1. The highest BCUT2D eigenvalue weighted by atomic mass is 19.4. The molecule has 0 radical (unpaired) electrons. The minimum Gasteiger partial charge on any atom is -0.473 e. The summed E-state index contributed by atoms with van der Waals surface area (Å²) in [6.45, 7) is 0.545. The lowest BCUT2D eigenvalue weighted by molar-refractivity contribution is -0.664. The van der Waals surface area contributed by atoms with Gasteiger partial charge in [0.1, 0.15) is 6.15 Å². The number of aromatic carboxylic acids is 1. The molecule has 0 fully saturated rings. The highest BCUT2D eigenvalue weighted by molar-refractivity contribution is 7.20. The molecule has 1 aromatic heterocycles. The average molecular weight is 1130 g/mol. The van der Waals surface area contributed by atoms with Crippen LogP contribution in [-0.4, -0.2) is 17.2 Å². The van der Waals surface area contributed by atoms with Crippen molar-refractivity contribution < 1.29 is 120 Å². The summed E-state index contributed by atoms with van der Waals surface area (Å²) in [6.07, 6.45) is -54.8. The minimum atomic E-state index is -6.13. The number of pyridine rings is 1. The molecule has 3 nitrogen and oxygen atoms in total. The number of nitrogens with zero attached hydrogens (tertiary/aromatic N) is 1. The van der Waals surface area contributed by atoms with Crippen molar-refractivity contribution in [3.05, 3.63) is 195 Å². The number of carbonyl (C=O) groups is 1. The number of hydrogen-bond acceptors (Lipinski definition) is 1. The number of alkyl halides is 24. The number of rotatable bonds is 7. The van der Waals surface area contributed by atoms with E-state index in [0.29, 0.717) is 12.2 Å². The molecule has 0 saturated carbocycles. The SMILES string of the molecule is FC(F)(F)c1cc([B-](c2cc(C(F)(F)F)cc(C(F)(F)F)c2)(c2cc(C(F)(F)F)cc(C(F)(F)F)c2)c2cc(C(F)(F)F)cc(C(F)(F)F)c2)cc(C(F)(F)F)c1.O=C(O)c1ccc2ccccc2[n+]1Cc1ccccc1. The Morgan fingerprint density at radius 3 is 0.870 bits per heavy atom. The first-order valence-corrected chi connectivity index (χ1v) is 21.1. The van der Waals surface area contributed by atoms with E-state index in [1.54, 1.807) is 6.07 Å². The van der Waals surface area contributed by atoms with E-state index < -0.39 is 201 Å². The summed E-state index contributed by atoms with van der Waals surface area (Å²) >= 11 is 0. The molecule has 1 heterocycles. The largest absolute Gasteiger partial charge is 0.473 e. The summed E-state index contributed by atoms with van der Waals surface area (Å²) in [5.41, 5.74) is -27.9. The van der Waals surface area contributed by atoms with Gasteiger partial charge in [0.15, 0.2) is 6.54 Å². The number of halogens is 24. The molecule has 0 spiro atoms. The zero-order valence-electron chi connectivity index (χ0n) is 37.4. The molecule has 410 valence electrons. The third-order valence-corrected chi connectivity index (χ3v) is 11.8. The Hall–Kier alpha value is -7.42. The van der Waals surface area contributed by atoms with Gasteiger partial charge in [0.25, 0.3) is 5.69 Å². The topological polar surface area (TPSA) is 41.2 Å². The standard InChI is InChI=1S/C32H12BF24.C17H13NO2/c34-25(35,36)13-1-14(26(37,38)39)6-21(5-13)33(22-7-15(27(40,41)42)2-16(8-22)28(43,44)45,23-9-17(29(46,47)48)3-18(10-23)30(49,50)51)24-11-19(31(52,53)54)4-20(12-24)32(55,56)57;19-17(20)16-11-10-14-8-4-5-9-15(14)18(16)12-13-6-2-1-3-7-13/h1-12H;1-11H,12H2/q-1;/p+1. The molecule has 28 heteroatoms. The molecule has 7 aromatic rings. The first kappa shape index (κ1) is 58.8. The van der Waals surface area contributed by atoms with Gasteiger partial charge < -0.3 is 5.11 Å². The minimum absolute atomic E-state index is 0.299. The van der Waals surface area contributed by atoms with Crippen LogP contribution in [0.25, 0.3) is 10.9 Å². The zero-order valence-corrected chi connectivity index (χ0v) is 37.4. The van der Waals surface area contributed by atoms with Gasteiger partial charge in [-0.2, -0.15) is 132 Å². The predicted octanol–water partition coefficient (Wildman–Crippen LogP) is 14.1. The van der Waals surface area contributed by atoms with Crippen LogP contribution >= 0.6 is 0 Å². The third-order valence-electron chi connectivity index (χ3n) is 11.8. The summed E-state index contributed by atoms with van der Waals surface area (Å²) in [4.78, 5) is 11.4. The van der Waals surface area contributed by atoms with E-state index in [0.717, 1.165) is 16.5 Å². The van der Waals surface area contributed by atoms with Crippen LogP contribution in [0.2, 0.25) is 0 Å². The number of carboxylic acid groups (broad SMARTS) is 1. The predicted molar refractivity (Wildman–Crippen MR) is 227 cm³/mol. The molecule has 0 unspecified atom stereocenters. The molecule has 1 N–H and O–H groups in total. The van der Waals surface area contributed by atoms with E-state index in [4.69, 9.17) is 0 Å². The fraction of sp³-hybridized carbons (Fsp3) is 0.184. The molecule has 0 amide bonds. The van der Waals surface area contributed by atoms with Crippen molar-refractivity contribution in [2.24, 2.45) is 0 Å². The van der Waals surface area contributed by atoms with Gasteiger partial charge in [-0.05, 0) is 36.4 Å². The Bertz CT molecular complexity index is 2870. The van der Waals surface area contributed by atoms with Crippen molar-refractivity contribution in [1.82, 2.24) is 0 Å². The zero-order chi connectivity index (χ0) is 57.9. The lowest BCUT2D eigenvalue weighted by Gasteiger charge is -2.46. The number of hydrogen-bond donors (Lipinski definition) is 1. The smallest absolute Gasteiger partial charge is 0.416 e. The Balaban J connectivity index is 0.000000397. The molecule has 0 aliphatic carbocycles. The molecular weight excluding hydrogens is 1100 g/mol. The maximum absolute atomic E-state index is 14.2. The van der Waals surface area contributed by atoms with E-state index in [9.17, 15) is 115 Å². The van der Waals surface area contributed by atoms with Gasteiger partial charge in [-0.25, -0.2) is 4.79 Å². The van der Waals surface area contributed by atoms with Gasteiger partial charge >= 0.3 is 55.4 Å². The van der Waals surface area contributed by atoms with Gasteiger partial charge in [0.2, 0.25) is 5.52 Å². The van der Waals surface area contributed by atoms with Crippen molar-refractivity contribution in [1.29, 1.82) is 0 Å². The van der Waals surface area contributed by atoms with Crippen molar-refractivity contribution in [2.75, 3.05) is 0 Å². The highest BCUT2D eigenvalue weighted by Gasteiger charge is 2.47. The maximum atomic E-state index is 14.2. The fourth-order valence-corrected chi connectivity index (χ4v) is 8.46. The molecule has 0 saturated heterocycles. The third kappa shape index (κ3) is 13.1. The van der Waals surface area contributed by atoms with E-state index in [1.807, 2.05) is 65.2 Å². The second-order valence-corrected chi connectivity index (χ2v) is 16.9. The molecule has 0 bridgehead atoms. The fourth-order valence-electron chi connectivity index (χ4n) is 8.46. The molecular formula is C49H26BF24NO2. The average Bonchev–Trinajstić information content (AvgIpc) is 3.30. The van der Waals surface area contributed by atoms with Gasteiger partial charge in [0, 0.05) is 23.1 Å². The summed E-state index contributed by atoms with van der Waals surface area (Å²) in [5, 5.41) is 10.4. The van der Waals surface area contributed by atoms with E-state index in [-0.39, 0.29) is 0 Å². The van der Waals surface area contributed by atoms with Crippen LogP contribution in [0, 0.1) is 0 Å². The summed E-state index contributed by atoms with van der Waals surface area (Å²) in [5.74, 6) is -0.910. The molecule has 77 heavy (non-hydrogen) atoms. The van der Waals surface area contributed by atoms with Crippen LogP contribution < -0.4 is 26.4 Å². The maximum Gasteiger partial charge on any atom is 0.416 e. The van der Waals surface area contributed by atoms with Crippen LogP contribution in [0.3, 0.4) is 0 Å². The second-order valence-electron chi connectivity index (χ2n) is 16.9. The second kappa shape index (κ2) is 20.2. The molecule has 6 aromatic carbocycles. The Kier molecular flexibility index (Phi) is 15.4.